The second-order valence-electron chi connectivity index (χ2n) is 10.5. The Morgan fingerprint density at radius 1 is 1.00 bits per heavy atom. The molecule has 5 aliphatic rings. The summed E-state index contributed by atoms with van der Waals surface area (Å²) >= 11 is 6.28. The van der Waals surface area contributed by atoms with Crippen LogP contribution < -0.4 is 24.8 Å². The molecule has 9 nitrogen and oxygen atoms in total. The van der Waals surface area contributed by atoms with Crippen LogP contribution in [0.1, 0.15) is 39.9 Å². The Hall–Kier alpha value is -4.24. The van der Waals surface area contributed by atoms with Crippen LogP contribution in [-0.4, -0.2) is 61.6 Å². The molecule has 0 saturated carbocycles. The molecule has 1 saturated heterocycles. The van der Waals surface area contributed by atoms with Gasteiger partial charge in [-0.3, -0.25) is 14.4 Å². The maximum Gasteiger partial charge on any atom is 0.258 e. The zero-order chi connectivity index (χ0) is 29.6. The van der Waals surface area contributed by atoms with E-state index in [-0.39, 0.29) is 37.0 Å². The minimum absolute atomic E-state index is 0.0576. The predicted octanol–water partition coefficient (Wildman–Crippen LogP) is 4.08. The van der Waals surface area contributed by atoms with Crippen LogP contribution in [0.15, 0.2) is 60.7 Å². The molecular weight excluding hydrogens is 558 g/mol. The Morgan fingerprint density at radius 2 is 1.79 bits per heavy atom. The molecule has 42 heavy (non-hydrogen) atoms. The van der Waals surface area contributed by atoms with E-state index < -0.39 is 6.04 Å². The standard InChI is InChI=1S/C32H34ClN3O6/c1-20-3-8-23(16-25(20)33)32(39)36-14-13-27-26(18-36)35-31(38)19-41-28-11-6-21(15-29(28)40-2)7-12-30(37)34-17-22-4-9-24(42-27)10-5-22/h3-6,8-11,15-16,26-27H,7,12-14,17-19H2,1-2H3,(H,34,37)(H,35,38)/t26-,27-/m1/s1. The lowest BCUT2D eigenvalue weighted by atomic mass is 10.00. The number of amides is 3. The molecule has 3 amide bonds. The van der Waals surface area contributed by atoms with Crippen molar-refractivity contribution < 1.29 is 28.6 Å². The first-order chi connectivity index (χ1) is 20.3. The Kier molecular flexibility index (Phi) is 9.17. The highest BCUT2D eigenvalue weighted by Crippen LogP contribution is 2.29. The van der Waals surface area contributed by atoms with Gasteiger partial charge in [0.05, 0.1) is 13.2 Å². The number of methoxy groups -OCH3 is 1. The van der Waals surface area contributed by atoms with Gasteiger partial charge >= 0.3 is 0 Å². The topological polar surface area (TPSA) is 106 Å². The molecule has 2 N–H and O–H groups in total. The quantitative estimate of drug-likeness (QED) is 0.465. The van der Waals surface area contributed by atoms with Crippen LogP contribution >= 0.6 is 11.6 Å². The van der Waals surface area contributed by atoms with Gasteiger partial charge in [-0.1, -0.05) is 35.9 Å². The molecule has 8 rings (SSSR count). The normalized spacial score (nSPS) is 19.5. The van der Waals surface area contributed by atoms with E-state index in [2.05, 4.69) is 10.6 Å². The summed E-state index contributed by atoms with van der Waals surface area (Å²) in [5.74, 6) is 0.950. The number of piperidine rings is 1. The van der Waals surface area contributed by atoms with Crippen molar-refractivity contribution in [3.63, 3.8) is 0 Å². The first-order valence-electron chi connectivity index (χ1n) is 14.0. The second kappa shape index (κ2) is 13.2. The Balaban J connectivity index is 1.38. The number of halogens is 1. The van der Waals surface area contributed by atoms with Crippen LogP contribution in [-0.2, 0) is 22.6 Å². The zero-order valence-electron chi connectivity index (χ0n) is 23.7. The molecule has 0 radical (unpaired) electrons. The smallest absolute Gasteiger partial charge is 0.258 e. The molecule has 3 aromatic carbocycles. The molecule has 0 unspecified atom stereocenters. The average molecular weight is 592 g/mol. The number of hydrogen-bond acceptors (Lipinski definition) is 6. The predicted molar refractivity (Wildman–Crippen MR) is 158 cm³/mol. The van der Waals surface area contributed by atoms with Crippen molar-refractivity contribution in [1.29, 1.82) is 0 Å². The number of aryl methyl sites for hydroxylation is 2. The van der Waals surface area contributed by atoms with Gasteiger partial charge in [0.2, 0.25) is 5.91 Å². The molecule has 10 heteroatoms. The highest BCUT2D eigenvalue weighted by atomic mass is 35.5. The van der Waals surface area contributed by atoms with Crippen molar-refractivity contribution in [3.8, 4) is 17.2 Å². The van der Waals surface area contributed by atoms with E-state index in [1.54, 1.807) is 23.1 Å². The number of benzene rings is 3. The minimum atomic E-state index is -0.492. The number of carbonyl (C=O) groups excluding carboxylic acids is 3. The van der Waals surface area contributed by atoms with E-state index in [0.29, 0.717) is 60.2 Å². The summed E-state index contributed by atoms with van der Waals surface area (Å²) in [5.41, 5.74) is 3.24. The van der Waals surface area contributed by atoms with Crippen molar-refractivity contribution >= 4 is 29.3 Å². The third-order valence-corrected chi connectivity index (χ3v) is 7.94. The van der Waals surface area contributed by atoms with Gasteiger partial charge in [0, 0.05) is 43.1 Å². The van der Waals surface area contributed by atoms with Gasteiger partial charge in [0.15, 0.2) is 18.1 Å². The number of nitrogens with zero attached hydrogens (tertiary/aromatic N) is 1. The van der Waals surface area contributed by atoms with E-state index >= 15 is 0 Å². The molecule has 0 aromatic heterocycles. The molecule has 4 bridgehead atoms. The van der Waals surface area contributed by atoms with Gasteiger partial charge in [0.25, 0.3) is 11.8 Å². The molecule has 3 aromatic rings. The maximum atomic E-state index is 13.4. The lowest BCUT2D eigenvalue weighted by Crippen LogP contribution is -2.58. The van der Waals surface area contributed by atoms with E-state index in [9.17, 15) is 14.4 Å². The molecule has 2 atom stereocenters. The molecule has 5 aliphatic heterocycles. The summed E-state index contributed by atoms with van der Waals surface area (Å²) in [5, 5.41) is 6.51. The zero-order valence-corrected chi connectivity index (χ0v) is 24.4. The Labute approximate surface area is 250 Å². The highest BCUT2D eigenvalue weighted by molar-refractivity contribution is 6.31. The first kappa shape index (κ1) is 29.3. The molecule has 0 spiro atoms. The fraction of sp³-hybridized carbons (Fsp3) is 0.344. The molecular formula is C32H34ClN3O6. The molecule has 220 valence electrons. The van der Waals surface area contributed by atoms with Gasteiger partial charge in [-0.15, -0.1) is 0 Å². The molecule has 0 aliphatic carbocycles. The SMILES string of the molecule is COc1cc2ccc1OCC(=O)N[C@@H]1CN(C(=O)c3ccc(C)c(Cl)c3)CC[C@H]1Oc1ccc(cc1)CNC(=O)CC2. The third kappa shape index (κ3) is 7.15. The number of hydrogen-bond donors (Lipinski definition) is 2. The summed E-state index contributed by atoms with van der Waals surface area (Å²) in [4.78, 5) is 40.6. The maximum absolute atomic E-state index is 13.4. The summed E-state index contributed by atoms with van der Waals surface area (Å²) in [6.45, 7) is 2.73. The molecule has 5 heterocycles. The van der Waals surface area contributed by atoms with E-state index in [0.717, 1.165) is 16.7 Å². The summed E-state index contributed by atoms with van der Waals surface area (Å²) in [6, 6.07) is 17.7. The van der Waals surface area contributed by atoms with Crippen LogP contribution in [0.2, 0.25) is 5.02 Å². The van der Waals surface area contributed by atoms with Crippen LogP contribution in [0.4, 0.5) is 0 Å². The second-order valence-corrected chi connectivity index (χ2v) is 10.9. The Morgan fingerprint density at radius 3 is 2.55 bits per heavy atom. The van der Waals surface area contributed by atoms with Crippen LogP contribution in [0.5, 0.6) is 17.2 Å². The van der Waals surface area contributed by atoms with Crippen LogP contribution in [0, 0.1) is 6.92 Å². The summed E-state index contributed by atoms with van der Waals surface area (Å²) in [6.07, 6.45) is 0.976. The lowest BCUT2D eigenvalue weighted by Gasteiger charge is -2.39. The van der Waals surface area contributed by atoms with Gasteiger partial charge in [-0.2, -0.15) is 0 Å². The fourth-order valence-corrected chi connectivity index (χ4v) is 5.27. The summed E-state index contributed by atoms with van der Waals surface area (Å²) < 4.78 is 17.6. The van der Waals surface area contributed by atoms with Gasteiger partial charge < -0.3 is 29.7 Å². The van der Waals surface area contributed by atoms with E-state index in [1.807, 2.05) is 49.4 Å². The van der Waals surface area contributed by atoms with E-state index in [4.69, 9.17) is 25.8 Å². The van der Waals surface area contributed by atoms with Crippen molar-refractivity contribution in [2.45, 2.75) is 44.9 Å². The Bertz CT molecular complexity index is 1460. The minimum Gasteiger partial charge on any atom is -0.493 e. The van der Waals surface area contributed by atoms with Gasteiger partial charge in [0.1, 0.15) is 11.9 Å². The highest BCUT2D eigenvalue weighted by Gasteiger charge is 2.34. The van der Waals surface area contributed by atoms with Crippen LogP contribution in [0.25, 0.3) is 0 Å². The first-order valence-corrected chi connectivity index (χ1v) is 14.3. The largest absolute Gasteiger partial charge is 0.493 e. The average Bonchev–Trinajstić information content (AvgIpc) is 3.00. The fourth-order valence-electron chi connectivity index (χ4n) is 5.09. The summed E-state index contributed by atoms with van der Waals surface area (Å²) in [7, 11) is 1.53. The monoisotopic (exact) mass is 591 g/mol. The van der Waals surface area contributed by atoms with E-state index in [1.165, 1.54) is 7.11 Å². The van der Waals surface area contributed by atoms with Crippen molar-refractivity contribution in [1.82, 2.24) is 15.5 Å². The number of carbonyl (C=O) groups is 3. The van der Waals surface area contributed by atoms with Gasteiger partial charge in [-0.05, 0) is 66.4 Å². The molecule has 1 fully saturated rings. The van der Waals surface area contributed by atoms with Gasteiger partial charge in [-0.25, -0.2) is 0 Å². The number of likely N-dealkylation sites (tertiary alicyclic amines) is 1. The number of nitrogens with one attached hydrogen (secondary N) is 2. The van der Waals surface area contributed by atoms with Crippen molar-refractivity contribution in [2.75, 3.05) is 26.8 Å². The number of rotatable bonds is 2. The van der Waals surface area contributed by atoms with Crippen LogP contribution in [0.3, 0.4) is 0 Å². The lowest BCUT2D eigenvalue weighted by molar-refractivity contribution is -0.125. The van der Waals surface area contributed by atoms with Crippen molar-refractivity contribution in [3.05, 3.63) is 87.9 Å². The number of ether oxygens (including phenoxy) is 3. The van der Waals surface area contributed by atoms with Crippen molar-refractivity contribution in [2.24, 2.45) is 0 Å². The third-order valence-electron chi connectivity index (χ3n) is 7.53.